The minimum Gasteiger partial charge on any atom is -0.326 e. The zero-order chi connectivity index (χ0) is 12.0. The quantitative estimate of drug-likeness (QED) is 0.481. The van der Waals surface area contributed by atoms with Crippen molar-refractivity contribution in [1.29, 1.82) is 0 Å². The van der Waals surface area contributed by atoms with Gasteiger partial charge in [-0.15, -0.1) is 0 Å². The van der Waals surface area contributed by atoms with E-state index in [1.54, 1.807) is 0 Å². The molecule has 0 aromatic carbocycles. The summed E-state index contributed by atoms with van der Waals surface area (Å²) in [5.41, 5.74) is 0. The lowest BCUT2D eigenvalue weighted by atomic mass is 10.2. The zero-order valence-corrected chi connectivity index (χ0v) is 11.2. The van der Waals surface area contributed by atoms with Gasteiger partial charge >= 0.3 is 16.5 Å². The van der Waals surface area contributed by atoms with Gasteiger partial charge in [-0.2, -0.15) is 11.8 Å². The third kappa shape index (κ3) is 6.37. The first kappa shape index (κ1) is 14.7. The van der Waals surface area contributed by atoms with Crippen molar-refractivity contribution in [2.75, 3.05) is 11.5 Å². The lowest BCUT2D eigenvalue weighted by Crippen LogP contribution is -2.41. The van der Waals surface area contributed by atoms with Crippen molar-refractivity contribution in [2.45, 2.75) is 25.3 Å². The summed E-state index contributed by atoms with van der Waals surface area (Å²) in [5.74, 6) is 1.96. The summed E-state index contributed by atoms with van der Waals surface area (Å²) in [6, 6.07) is 0.0777. The van der Waals surface area contributed by atoms with E-state index in [1.165, 1.54) is 0 Å². The molecule has 10 heteroatoms. The Morgan fingerprint density at radius 1 is 1.19 bits per heavy atom. The van der Waals surface area contributed by atoms with Crippen molar-refractivity contribution in [3.05, 3.63) is 0 Å². The molecule has 0 aromatic heterocycles. The smallest absolute Gasteiger partial charge is 0.319 e. The summed E-state index contributed by atoms with van der Waals surface area (Å²) < 4.78 is 30.0. The van der Waals surface area contributed by atoms with E-state index in [4.69, 9.17) is 9.79 Å². The predicted molar refractivity (Wildman–Crippen MR) is 61.9 cm³/mol. The maximum absolute atomic E-state index is 10.5. The van der Waals surface area contributed by atoms with Gasteiger partial charge in [-0.25, -0.2) is 0 Å². The summed E-state index contributed by atoms with van der Waals surface area (Å²) in [6.07, 6.45) is 0.444. The molecule has 1 fully saturated rings. The van der Waals surface area contributed by atoms with Crippen LogP contribution in [0.5, 0.6) is 0 Å². The Hall–Kier alpha value is 0.610. The Balaban J connectivity index is 2.40. The van der Waals surface area contributed by atoms with E-state index >= 15 is 0 Å². The number of hydrogen-bond acceptors (Lipinski definition) is 6. The van der Waals surface area contributed by atoms with Crippen molar-refractivity contribution in [2.24, 2.45) is 0 Å². The van der Waals surface area contributed by atoms with E-state index in [9.17, 15) is 9.13 Å². The van der Waals surface area contributed by atoms with E-state index in [0.717, 1.165) is 24.3 Å². The number of rotatable bonds is 6. The maximum Gasteiger partial charge on any atom is 0.319 e. The lowest BCUT2D eigenvalue weighted by molar-refractivity contribution is -0.0332. The van der Waals surface area contributed by atoms with Gasteiger partial charge in [0, 0.05) is 6.04 Å². The van der Waals surface area contributed by atoms with Gasteiger partial charge in [0.2, 0.25) is 6.41 Å². The highest BCUT2D eigenvalue weighted by atomic mass is 32.2. The first-order chi connectivity index (χ1) is 7.58. The van der Waals surface area contributed by atoms with Crippen LogP contribution in [-0.4, -0.2) is 33.7 Å². The lowest BCUT2D eigenvalue weighted by Gasteiger charge is -2.26. The van der Waals surface area contributed by atoms with Gasteiger partial charge in [-0.05, 0) is 24.3 Å². The van der Waals surface area contributed by atoms with Crippen LogP contribution in [0.1, 0.15) is 12.8 Å². The number of nitrogens with one attached hydrogen (secondary N) is 1. The molecule has 0 aliphatic carbocycles. The van der Waals surface area contributed by atoms with Gasteiger partial charge in [0.15, 0.2) is 0 Å². The minimum atomic E-state index is -3.20. The standard InChI is InChI=1S/C6H15NO6P2S/c8-14(9)12-6(13-15(10)11)7-5-1-3-16-4-2-5/h5-7,14-15H,1-4H2,(H,8,9)(H,10,11). The van der Waals surface area contributed by atoms with Crippen molar-refractivity contribution >= 4 is 28.3 Å². The van der Waals surface area contributed by atoms with E-state index in [1.807, 2.05) is 11.8 Å². The first-order valence-electron chi connectivity index (χ1n) is 4.71. The molecule has 96 valence electrons. The predicted octanol–water partition coefficient (Wildman–Crippen LogP) is 0.552. The van der Waals surface area contributed by atoms with E-state index in [-0.39, 0.29) is 6.04 Å². The fourth-order valence-electron chi connectivity index (χ4n) is 1.33. The maximum atomic E-state index is 10.5. The molecule has 1 aliphatic rings. The summed E-state index contributed by atoms with van der Waals surface area (Å²) in [4.78, 5) is 17.2. The molecule has 16 heavy (non-hydrogen) atoms. The SMILES string of the molecule is O=[PH](O)OC(NC1CCSCC1)O[PH](=O)O. The average molecular weight is 291 g/mol. The van der Waals surface area contributed by atoms with Crippen LogP contribution in [0.3, 0.4) is 0 Å². The van der Waals surface area contributed by atoms with Gasteiger partial charge in [0.25, 0.3) is 0 Å². The molecule has 0 radical (unpaired) electrons. The molecular formula is C6H15NO6P2S. The van der Waals surface area contributed by atoms with Gasteiger partial charge < -0.3 is 9.79 Å². The third-order valence-corrected chi connectivity index (χ3v) is 3.89. The molecule has 1 rings (SSSR count). The van der Waals surface area contributed by atoms with Crippen molar-refractivity contribution in [3.8, 4) is 0 Å². The molecule has 1 saturated heterocycles. The van der Waals surface area contributed by atoms with Crippen molar-refractivity contribution in [3.63, 3.8) is 0 Å². The molecular weight excluding hydrogens is 276 g/mol. The molecule has 1 aliphatic heterocycles. The number of thioether (sulfide) groups is 1. The van der Waals surface area contributed by atoms with E-state index < -0.39 is 22.9 Å². The highest BCUT2D eigenvalue weighted by Crippen LogP contribution is 2.26. The van der Waals surface area contributed by atoms with Crippen molar-refractivity contribution < 1.29 is 28.0 Å². The molecule has 0 saturated carbocycles. The molecule has 0 amide bonds. The van der Waals surface area contributed by atoms with Crippen LogP contribution in [0, 0.1) is 0 Å². The molecule has 2 unspecified atom stereocenters. The van der Waals surface area contributed by atoms with E-state index in [0.29, 0.717) is 0 Å². The van der Waals surface area contributed by atoms with Crippen LogP contribution >= 0.6 is 28.3 Å². The highest BCUT2D eigenvalue weighted by Gasteiger charge is 2.21. The highest BCUT2D eigenvalue weighted by molar-refractivity contribution is 7.99. The van der Waals surface area contributed by atoms with Crippen LogP contribution in [0.15, 0.2) is 0 Å². The van der Waals surface area contributed by atoms with Crippen molar-refractivity contribution in [1.82, 2.24) is 5.32 Å². The summed E-state index contributed by atoms with van der Waals surface area (Å²) in [6.45, 7) is 0. The molecule has 1 heterocycles. The van der Waals surface area contributed by atoms with Crippen LogP contribution in [0.25, 0.3) is 0 Å². The third-order valence-electron chi connectivity index (χ3n) is 2.01. The molecule has 0 spiro atoms. The summed E-state index contributed by atoms with van der Waals surface area (Å²) >= 11 is 1.82. The van der Waals surface area contributed by atoms with Gasteiger partial charge in [-0.1, -0.05) is 0 Å². The van der Waals surface area contributed by atoms with Crippen LogP contribution in [-0.2, 0) is 18.2 Å². The second-order valence-corrected chi connectivity index (χ2v) is 5.91. The van der Waals surface area contributed by atoms with Crippen LogP contribution in [0.2, 0.25) is 0 Å². The molecule has 0 bridgehead atoms. The Labute approximate surface area is 98.8 Å². The van der Waals surface area contributed by atoms with Gasteiger partial charge in [0.05, 0.1) is 0 Å². The molecule has 2 atom stereocenters. The molecule has 0 aromatic rings. The fraction of sp³-hybridized carbons (Fsp3) is 1.00. The molecule has 3 N–H and O–H groups in total. The normalized spacial score (nSPS) is 23.9. The Bertz CT molecular complexity index is 245. The second kappa shape index (κ2) is 7.84. The van der Waals surface area contributed by atoms with Crippen LogP contribution < -0.4 is 5.32 Å². The van der Waals surface area contributed by atoms with Gasteiger partial charge in [0.1, 0.15) is 0 Å². The van der Waals surface area contributed by atoms with Crippen LogP contribution in [0.4, 0.5) is 0 Å². The molecule has 7 nitrogen and oxygen atoms in total. The Morgan fingerprint density at radius 3 is 2.12 bits per heavy atom. The number of hydrogen-bond donors (Lipinski definition) is 3. The largest absolute Gasteiger partial charge is 0.326 e. The van der Waals surface area contributed by atoms with E-state index in [2.05, 4.69) is 14.4 Å². The first-order valence-corrected chi connectivity index (χ1v) is 8.39. The fourth-order valence-corrected chi connectivity index (χ4v) is 3.13. The van der Waals surface area contributed by atoms with Gasteiger partial charge in [-0.3, -0.25) is 23.5 Å². The zero-order valence-electron chi connectivity index (χ0n) is 8.42. The second-order valence-electron chi connectivity index (χ2n) is 3.15. The topological polar surface area (TPSA) is 105 Å². The average Bonchev–Trinajstić information content (AvgIpc) is 2.16. The summed E-state index contributed by atoms with van der Waals surface area (Å²) in [7, 11) is -6.41. The Kier molecular flexibility index (Phi) is 7.19. The minimum absolute atomic E-state index is 0.0777. The summed E-state index contributed by atoms with van der Waals surface area (Å²) in [5, 5.41) is 2.79. The monoisotopic (exact) mass is 291 g/mol. The Morgan fingerprint density at radius 2 is 1.69 bits per heavy atom.